The summed E-state index contributed by atoms with van der Waals surface area (Å²) >= 11 is 0. The van der Waals surface area contributed by atoms with Crippen LogP contribution >= 0.6 is 0 Å². The Hall–Kier alpha value is -2.04. The number of aryl methyl sites for hydroxylation is 2. The van der Waals surface area contributed by atoms with Crippen molar-refractivity contribution in [1.82, 2.24) is 4.90 Å². The van der Waals surface area contributed by atoms with E-state index in [0.717, 1.165) is 23.3 Å². The zero-order chi connectivity index (χ0) is 15.8. The summed E-state index contributed by atoms with van der Waals surface area (Å²) in [6, 6.07) is 5.80. The molecule has 0 unspecified atom stereocenters. The third-order valence-corrected chi connectivity index (χ3v) is 3.19. The van der Waals surface area contributed by atoms with Crippen LogP contribution in [0.15, 0.2) is 18.2 Å². The molecule has 1 aromatic carbocycles. The van der Waals surface area contributed by atoms with Gasteiger partial charge in [0.2, 0.25) is 0 Å². The Morgan fingerprint density at radius 1 is 1.19 bits per heavy atom. The predicted molar refractivity (Wildman–Crippen MR) is 80.5 cm³/mol. The number of amides is 1. The Bertz CT molecular complexity index is 479. The Balaban J connectivity index is 2.62. The molecule has 0 saturated carbocycles. The van der Waals surface area contributed by atoms with Crippen LogP contribution in [0.3, 0.4) is 0 Å². The molecule has 5 nitrogen and oxygen atoms in total. The van der Waals surface area contributed by atoms with Gasteiger partial charge in [-0.15, -0.1) is 0 Å². The van der Waals surface area contributed by atoms with Gasteiger partial charge in [-0.1, -0.05) is 25.1 Å². The predicted octanol–water partition coefficient (Wildman–Crippen LogP) is 2.40. The Kier molecular flexibility index (Phi) is 6.72. The number of hydrogen-bond donors (Lipinski definition) is 1. The first-order chi connectivity index (χ1) is 9.95. The Morgan fingerprint density at radius 3 is 2.33 bits per heavy atom. The fraction of sp³-hybridized carbons (Fsp3) is 0.500. The highest BCUT2D eigenvalue weighted by Gasteiger charge is 2.15. The third-order valence-electron chi connectivity index (χ3n) is 3.19. The SMILES string of the molecule is CCCN(CCC(=O)O)C(=O)COc1c(C)cccc1C. The molecule has 0 fully saturated rings. The van der Waals surface area contributed by atoms with Crippen LogP contribution < -0.4 is 4.74 Å². The Labute approximate surface area is 125 Å². The molecule has 0 bridgehead atoms. The lowest BCUT2D eigenvalue weighted by molar-refractivity contribution is -0.139. The monoisotopic (exact) mass is 293 g/mol. The van der Waals surface area contributed by atoms with Crippen LogP contribution in [-0.4, -0.2) is 41.6 Å². The van der Waals surface area contributed by atoms with Crippen molar-refractivity contribution in [3.05, 3.63) is 29.3 Å². The van der Waals surface area contributed by atoms with Gasteiger partial charge < -0.3 is 14.7 Å². The molecule has 21 heavy (non-hydrogen) atoms. The average molecular weight is 293 g/mol. The zero-order valence-electron chi connectivity index (χ0n) is 12.9. The van der Waals surface area contributed by atoms with E-state index in [1.807, 2.05) is 39.0 Å². The van der Waals surface area contributed by atoms with Gasteiger partial charge in [-0.25, -0.2) is 0 Å². The largest absolute Gasteiger partial charge is 0.483 e. The van der Waals surface area contributed by atoms with E-state index in [-0.39, 0.29) is 25.5 Å². The van der Waals surface area contributed by atoms with E-state index in [1.54, 1.807) is 4.90 Å². The van der Waals surface area contributed by atoms with Gasteiger partial charge >= 0.3 is 5.97 Å². The normalized spacial score (nSPS) is 10.2. The number of carboxylic acids is 1. The lowest BCUT2D eigenvalue weighted by atomic mass is 10.1. The number of hydrogen-bond acceptors (Lipinski definition) is 3. The van der Waals surface area contributed by atoms with Crippen LogP contribution in [0.5, 0.6) is 5.75 Å². The number of carbonyl (C=O) groups excluding carboxylic acids is 1. The molecule has 0 atom stereocenters. The average Bonchev–Trinajstić information content (AvgIpc) is 2.42. The van der Waals surface area contributed by atoms with E-state index in [0.29, 0.717) is 6.54 Å². The van der Waals surface area contributed by atoms with Crippen molar-refractivity contribution in [3.8, 4) is 5.75 Å². The Morgan fingerprint density at radius 2 is 1.81 bits per heavy atom. The summed E-state index contributed by atoms with van der Waals surface area (Å²) in [5.74, 6) is -0.360. The van der Waals surface area contributed by atoms with Crippen molar-refractivity contribution < 1.29 is 19.4 Å². The van der Waals surface area contributed by atoms with Crippen LogP contribution in [0, 0.1) is 13.8 Å². The lowest BCUT2D eigenvalue weighted by Gasteiger charge is -2.22. The molecule has 0 aliphatic rings. The standard InChI is InChI=1S/C16H23NO4/c1-4-9-17(10-8-15(19)20)14(18)11-21-16-12(2)6-5-7-13(16)3/h5-7H,4,8-11H2,1-3H3,(H,19,20). The van der Waals surface area contributed by atoms with Crippen LogP contribution in [0.2, 0.25) is 0 Å². The summed E-state index contributed by atoms with van der Waals surface area (Å²) in [6.07, 6.45) is 0.740. The lowest BCUT2D eigenvalue weighted by Crippen LogP contribution is -2.37. The van der Waals surface area contributed by atoms with Gasteiger partial charge in [-0.2, -0.15) is 0 Å². The zero-order valence-corrected chi connectivity index (χ0v) is 12.9. The van der Waals surface area contributed by atoms with E-state index in [4.69, 9.17) is 9.84 Å². The molecule has 1 rings (SSSR count). The first-order valence-electron chi connectivity index (χ1n) is 7.14. The van der Waals surface area contributed by atoms with Crippen molar-refractivity contribution in [2.75, 3.05) is 19.7 Å². The van der Waals surface area contributed by atoms with Crippen LogP contribution in [-0.2, 0) is 9.59 Å². The van der Waals surface area contributed by atoms with Crippen LogP contribution in [0.1, 0.15) is 30.9 Å². The van der Waals surface area contributed by atoms with Crippen molar-refractivity contribution in [1.29, 1.82) is 0 Å². The van der Waals surface area contributed by atoms with Gasteiger partial charge in [0.15, 0.2) is 6.61 Å². The van der Waals surface area contributed by atoms with E-state index < -0.39 is 5.97 Å². The number of carboxylic acid groups (broad SMARTS) is 1. The highest BCUT2D eigenvalue weighted by molar-refractivity contribution is 5.78. The second kappa shape index (κ2) is 8.29. The summed E-state index contributed by atoms with van der Waals surface area (Å²) < 4.78 is 5.62. The number of benzene rings is 1. The van der Waals surface area contributed by atoms with Crippen LogP contribution in [0.4, 0.5) is 0 Å². The summed E-state index contributed by atoms with van der Waals surface area (Å²) in [4.78, 5) is 24.3. The number of ether oxygens (including phenoxy) is 1. The molecular weight excluding hydrogens is 270 g/mol. The topological polar surface area (TPSA) is 66.8 Å². The number of aliphatic carboxylic acids is 1. The maximum Gasteiger partial charge on any atom is 0.305 e. The summed E-state index contributed by atoms with van der Waals surface area (Å²) in [5, 5.41) is 8.72. The first kappa shape index (κ1) is 17.0. The smallest absolute Gasteiger partial charge is 0.305 e. The highest BCUT2D eigenvalue weighted by Crippen LogP contribution is 2.22. The van der Waals surface area contributed by atoms with Crippen LogP contribution in [0.25, 0.3) is 0 Å². The quantitative estimate of drug-likeness (QED) is 0.799. The maximum absolute atomic E-state index is 12.1. The maximum atomic E-state index is 12.1. The fourth-order valence-corrected chi connectivity index (χ4v) is 2.11. The number of rotatable bonds is 8. The number of nitrogens with zero attached hydrogens (tertiary/aromatic N) is 1. The van der Waals surface area contributed by atoms with Crippen molar-refractivity contribution in [2.24, 2.45) is 0 Å². The highest BCUT2D eigenvalue weighted by atomic mass is 16.5. The molecule has 0 aromatic heterocycles. The van der Waals surface area contributed by atoms with Gasteiger partial charge in [0.05, 0.1) is 6.42 Å². The molecule has 5 heteroatoms. The molecule has 0 saturated heterocycles. The van der Waals surface area contributed by atoms with Crippen molar-refractivity contribution in [2.45, 2.75) is 33.6 Å². The van der Waals surface area contributed by atoms with Gasteiger partial charge in [0.25, 0.3) is 5.91 Å². The molecule has 1 aromatic rings. The van der Waals surface area contributed by atoms with E-state index in [2.05, 4.69) is 0 Å². The van der Waals surface area contributed by atoms with Crippen molar-refractivity contribution in [3.63, 3.8) is 0 Å². The molecule has 0 radical (unpaired) electrons. The second-order valence-corrected chi connectivity index (χ2v) is 5.03. The molecule has 1 amide bonds. The van der Waals surface area contributed by atoms with Gasteiger partial charge in [-0.05, 0) is 31.4 Å². The molecule has 116 valence electrons. The summed E-state index contributed by atoms with van der Waals surface area (Å²) in [5.41, 5.74) is 1.96. The minimum absolute atomic E-state index is 0.0465. The molecule has 0 aliphatic carbocycles. The van der Waals surface area contributed by atoms with Gasteiger partial charge in [0, 0.05) is 13.1 Å². The fourth-order valence-electron chi connectivity index (χ4n) is 2.11. The second-order valence-electron chi connectivity index (χ2n) is 5.03. The van der Waals surface area contributed by atoms with E-state index in [9.17, 15) is 9.59 Å². The number of carbonyl (C=O) groups is 2. The van der Waals surface area contributed by atoms with E-state index in [1.165, 1.54) is 0 Å². The van der Waals surface area contributed by atoms with Gasteiger partial charge in [0.1, 0.15) is 5.75 Å². The van der Waals surface area contributed by atoms with Crippen molar-refractivity contribution >= 4 is 11.9 Å². The minimum atomic E-state index is -0.903. The minimum Gasteiger partial charge on any atom is -0.483 e. The molecule has 1 N–H and O–H groups in total. The summed E-state index contributed by atoms with van der Waals surface area (Å²) in [6.45, 7) is 6.52. The van der Waals surface area contributed by atoms with Gasteiger partial charge in [-0.3, -0.25) is 9.59 Å². The molecule has 0 heterocycles. The first-order valence-corrected chi connectivity index (χ1v) is 7.14. The number of para-hydroxylation sites is 1. The van der Waals surface area contributed by atoms with E-state index >= 15 is 0 Å². The third kappa shape index (κ3) is 5.45. The molecular formula is C16H23NO4. The molecule has 0 spiro atoms. The molecule has 0 aliphatic heterocycles. The summed E-state index contributed by atoms with van der Waals surface area (Å²) in [7, 11) is 0.